The van der Waals surface area contributed by atoms with Crippen LogP contribution in [-0.2, 0) is 4.79 Å². The minimum absolute atomic E-state index is 0.0318. The van der Waals surface area contributed by atoms with Crippen LogP contribution in [0.15, 0.2) is 0 Å². The molecule has 0 bridgehead atoms. The van der Waals surface area contributed by atoms with Crippen LogP contribution in [0.2, 0.25) is 0 Å². The van der Waals surface area contributed by atoms with E-state index in [1.807, 2.05) is 4.90 Å². The van der Waals surface area contributed by atoms with Crippen molar-refractivity contribution in [1.29, 1.82) is 0 Å². The van der Waals surface area contributed by atoms with Crippen LogP contribution in [0.25, 0.3) is 0 Å². The van der Waals surface area contributed by atoms with Gasteiger partial charge in [0.15, 0.2) is 0 Å². The standard InChI is InChI=1S/C13H23N3O2/c17-12-11(7-3-4-8-14-12)15-13(18)16-9-5-1-2-6-10-16/h11H,1-10H2,(H,14,17)(H,15,18)/t11-/m1/s1. The van der Waals surface area contributed by atoms with E-state index in [-0.39, 0.29) is 18.0 Å². The Morgan fingerprint density at radius 1 is 1.11 bits per heavy atom. The molecule has 3 amide bonds. The highest BCUT2D eigenvalue weighted by atomic mass is 16.2. The summed E-state index contributed by atoms with van der Waals surface area (Å²) in [5.41, 5.74) is 0. The van der Waals surface area contributed by atoms with E-state index in [0.29, 0.717) is 0 Å². The average Bonchev–Trinajstić information content (AvgIpc) is 2.73. The first kappa shape index (κ1) is 13.2. The molecular weight excluding hydrogens is 230 g/mol. The number of amides is 3. The fourth-order valence-electron chi connectivity index (χ4n) is 2.59. The second-order valence-electron chi connectivity index (χ2n) is 5.19. The molecule has 102 valence electrons. The van der Waals surface area contributed by atoms with E-state index in [1.165, 1.54) is 12.8 Å². The first-order chi connectivity index (χ1) is 8.77. The van der Waals surface area contributed by atoms with Gasteiger partial charge < -0.3 is 15.5 Å². The quantitative estimate of drug-likeness (QED) is 0.738. The summed E-state index contributed by atoms with van der Waals surface area (Å²) in [6.07, 6.45) is 7.30. The summed E-state index contributed by atoms with van der Waals surface area (Å²) < 4.78 is 0. The molecule has 0 radical (unpaired) electrons. The van der Waals surface area contributed by atoms with Gasteiger partial charge in [0.1, 0.15) is 6.04 Å². The molecule has 0 aromatic carbocycles. The van der Waals surface area contributed by atoms with Gasteiger partial charge in [-0.25, -0.2) is 4.79 Å². The van der Waals surface area contributed by atoms with Crippen molar-refractivity contribution < 1.29 is 9.59 Å². The molecule has 2 aliphatic heterocycles. The average molecular weight is 253 g/mol. The van der Waals surface area contributed by atoms with Crippen molar-refractivity contribution >= 4 is 11.9 Å². The van der Waals surface area contributed by atoms with Crippen LogP contribution in [-0.4, -0.2) is 42.5 Å². The molecule has 18 heavy (non-hydrogen) atoms. The Balaban J connectivity index is 1.86. The Hall–Kier alpha value is -1.26. The van der Waals surface area contributed by atoms with Crippen LogP contribution in [0.4, 0.5) is 4.79 Å². The molecule has 2 saturated heterocycles. The Bertz CT molecular complexity index is 299. The van der Waals surface area contributed by atoms with Gasteiger partial charge in [0.2, 0.25) is 5.91 Å². The Labute approximate surface area is 108 Å². The van der Waals surface area contributed by atoms with Gasteiger partial charge >= 0.3 is 6.03 Å². The summed E-state index contributed by atoms with van der Waals surface area (Å²) in [4.78, 5) is 25.7. The van der Waals surface area contributed by atoms with Crippen LogP contribution >= 0.6 is 0 Å². The van der Waals surface area contributed by atoms with Gasteiger partial charge in [-0.15, -0.1) is 0 Å². The number of urea groups is 1. The second kappa shape index (κ2) is 6.61. The maximum Gasteiger partial charge on any atom is 0.318 e. The molecule has 2 heterocycles. The van der Waals surface area contributed by atoms with Crippen LogP contribution < -0.4 is 10.6 Å². The lowest BCUT2D eigenvalue weighted by Gasteiger charge is -2.24. The third-order valence-electron chi connectivity index (χ3n) is 3.73. The van der Waals surface area contributed by atoms with Crippen LogP contribution in [0.1, 0.15) is 44.9 Å². The highest BCUT2D eigenvalue weighted by molar-refractivity contribution is 5.87. The number of hydrogen-bond acceptors (Lipinski definition) is 2. The number of nitrogens with one attached hydrogen (secondary N) is 2. The summed E-state index contributed by atoms with van der Waals surface area (Å²) in [6, 6.07) is -0.415. The predicted molar refractivity (Wildman–Crippen MR) is 69.2 cm³/mol. The van der Waals surface area contributed by atoms with Crippen LogP contribution in [0.3, 0.4) is 0 Å². The van der Waals surface area contributed by atoms with Gasteiger partial charge in [-0.3, -0.25) is 4.79 Å². The molecule has 2 rings (SSSR count). The van der Waals surface area contributed by atoms with E-state index in [0.717, 1.165) is 51.7 Å². The van der Waals surface area contributed by atoms with Crippen molar-refractivity contribution in [3.63, 3.8) is 0 Å². The first-order valence-corrected chi connectivity index (χ1v) is 7.10. The summed E-state index contributed by atoms with van der Waals surface area (Å²) >= 11 is 0. The lowest BCUT2D eigenvalue weighted by Crippen LogP contribution is -2.50. The van der Waals surface area contributed by atoms with Gasteiger partial charge in [-0.2, -0.15) is 0 Å². The maximum atomic E-state index is 12.1. The Morgan fingerprint density at radius 2 is 1.83 bits per heavy atom. The van der Waals surface area contributed by atoms with E-state index in [1.54, 1.807) is 0 Å². The maximum absolute atomic E-state index is 12.1. The molecule has 0 aromatic rings. The molecule has 5 heteroatoms. The van der Waals surface area contributed by atoms with Gasteiger partial charge in [-0.05, 0) is 32.1 Å². The van der Waals surface area contributed by atoms with Gasteiger partial charge in [-0.1, -0.05) is 12.8 Å². The number of carbonyl (C=O) groups excluding carboxylic acids is 2. The van der Waals surface area contributed by atoms with E-state index in [2.05, 4.69) is 10.6 Å². The van der Waals surface area contributed by atoms with Gasteiger partial charge in [0.05, 0.1) is 0 Å². The number of rotatable bonds is 1. The summed E-state index contributed by atoms with van der Waals surface area (Å²) in [5.74, 6) is -0.0318. The van der Waals surface area contributed by atoms with Crippen molar-refractivity contribution in [3.8, 4) is 0 Å². The highest BCUT2D eigenvalue weighted by Gasteiger charge is 2.24. The van der Waals surface area contributed by atoms with Crippen molar-refractivity contribution in [2.45, 2.75) is 51.0 Å². The van der Waals surface area contributed by atoms with Crippen LogP contribution in [0, 0.1) is 0 Å². The highest BCUT2D eigenvalue weighted by Crippen LogP contribution is 2.11. The van der Waals surface area contributed by atoms with E-state index >= 15 is 0 Å². The normalized spacial score (nSPS) is 25.9. The molecule has 5 nitrogen and oxygen atoms in total. The fraction of sp³-hybridized carbons (Fsp3) is 0.846. The van der Waals surface area contributed by atoms with Gasteiger partial charge in [0.25, 0.3) is 0 Å². The smallest absolute Gasteiger partial charge is 0.318 e. The molecule has 2 fully saturated rings. The van der Waals surface area contributed by atoms with Crippen molar-refractivity contribution in [3.05, 3.63) is 0 Å². The van der Waals surface area contributed by atoms with E-state index in [9.17, 15) is 9.59 Å². The van der Waals surface area contributed by atoms with Crippen molar-refractivity contribution in [2.24, 2.45) is 0 Å². The SMILES string of the molecule is O=C1NCCCC[C@H]1NC(=O)N1CCCCCC1. The van der Waals surface area contributed by atoms with Gasteiger partial charge in [0, 0.05) is 19.6 Å². The number of likely N-dealkylation sites (tertiary alicyclic amines) is 1. The molecule has 0 saturated carbocycles. The molecule has 2 N–H and O–H groups in total. The van der Waals surface area contributed by atoms with E-state index in [4.69, 9.17) is 0 Å². The molecule has 2 aliphatic rings. The minimum Gasteiger partial charge on any atom is -0.354 e. The minimum atomic E-state index is -0.344. The summed E-state index contributed by atoms with van der Waals surface area (Å²) in [5, 5.41) is 5.72. The summed E-state index contributed by atoms with van der Waals surface area (Å²) in [7, 11) is 0. The topological polar surface area (TPSA) is 61.4 Å². The Morgan fingerprint density at radius 3 is 2.56 bits per heavy atom. The molecule has 0 aliphatic carbocycles. The zero-order valence-corrected chi connectivity index (χ0v) is 10.9. The molecule has 0 aromatic heterocycles. The third-order valence-corrected chi connectivity index (χ3v) is 3.73. The van der Waals surface area contributed by atoms with Crippen molar-refractivity contribution in [1.82, 2.24) is 15.5 Å². The first-order valence-electron chi connectivity index (χ1n) is 7.10. The number of hydrogen-bond donors (Lipinski definition) is 2. The molecule has 0 spiro atoms. The van der Waals surface area contributed by atoms with E-state index < -0.39 is 0 Å². The third kappa shape index (κ3) is 3.62. The lowest BCUT2D eigenvalue weighted by molar-refractivity contribution is -0.122. The summed E-state index contributed by atoms with van der Waals surface area (Å²) in [6.45, 7) is 2.37. The largest absolute Gasteiger partial charge is 0.354 e. The molecule has 0 unspecified atom stereocenters. The van der Waals surface area contributed by atoms with Crippen molar-refractivity contribution in [2.75, 3.05) is 19.6 Å². The molecule has 1 atom stereocenters. The zero-order valence-electron chi connectivity index (χ0n) is 10.9. The fourth-order valence-corrected chi connectivity index (χ4v) is 2.59. The Kier molecular flexibility index (Phi) is 4.84. The molecular formula is C13H23N3O2. The lowest BCUT2D eigenvalue weighted by atomic mass is 10.1. The second-order valence-corrected chi connectivity index (χ2v) is 5.19. The number of carbonyl (C=O) groups is 2. The predicted octanol–water partition coefficient (Wildman–Crippen LogP) is 1.24. The van der Waals surface area contributed by atoms with Crippen LogP contribution in [0.5, 0.6) is 0 Å². The monoisotopic (exact) mass is 253 g/mol. The zero-order chi connectivity index (χ0) is 12.8. The number of nitrogens with zero attached hydrogens (tertiary/aromatic N) is 1.